The van der Waals surface area contributed by atoms with Crippen molar-refractivity contribution in [1.29, 1.82) is 0 Å². The average Bonchev–Trinajstić information content (AvgIpc) is 3.04. The minimum absolute atomic E-state index is 0.175. The molecule has 1 amide bonds. The zero-order valence-corrected chi connectivity index (χ0v) is 14.8. The quantitative estimate of drug-likeness (QED) is 0.801. The van der Waals surface area contributed by atoms with E-state index in [1.54, 1.807) is 51.1 Å². The summed E-state index contributed by atoms with van der Waals surface area (Å²) < 4.78 is 32.9. The summed E-state index contributed by atoms with van der Waals surface area (Å²) in [5, 5.41) is 2.70. The predicted molar refractivity (Wildman–Crippen MR) is 90.7 cm³/mol. The fourth-order valence-corrected chi connectivity index (χ4v) is 3.87. The van der Waals surface area contributed by atoms with Gasteiger partial charge in [-0.2, -0.15) is 4.72 Å². The fraction of sp³-hybridized carbons (Fsp3) is 0.353. The summed E-state index contributed by atoms with van der Waals surface area (Å²) in [5.41, 5.74) is 0.628. The topological polar surface area (TPSA) is 88.4 Å². The number of rotatable bonds is 7. The molecule has 2 aromatic rings. The molecule has 2 N–H and O–H groups in total. The molecule has 7 heteroatoms. The molecule has 0 unspecified atom stereocenters. The van der Waals surface area contributed by atoms with Crippen LogP contribution in [0, 0.1) is 12.8 Å². The second kappa shape index (κ2) is 7.63. The van der Waals surface area contributed by atoms with Crippen molar-refractivity contribution in [1.82, 2.24) is 10.0 Å². The van der Waals surface area contributed by atoms with Crippen LogP contribution in [0.15, 0.2) is 52.0 Å². The van der Waals surface area contributed by atoms with Gasteiger partial charge in [-0.1, -0.05) is 32.0 Å². The van der Waals surface area contributed by atoms with E-state index in [0.717, 1.165) is 0 Å². The SMILES string of the molecule is Cc1ccccc1S(=O)(=O)N[C@H](C(=O)NCc1ccco1)C(C)C. The van der Waals surface area contributed by atoms with E-state index in [1.165, 1.54) is 12.3 Å². The number of hydrogen-bond acceptors (Lipinski definition) is 4. The zero-order chi connectivity index (χ0) is 17.7. The molecule has 1 aromatic carbocycles. The van der Waals surface area contributed by atoms with Crippen LogP contribution in [0.4, 0.5) is 0 Å². The van der Waals surface area contributed by atoms with Gasteiger partial charge in [-0.3, -0.25) is 4.79 Å². The van der Waals surface area contributed by atoms with Crippen molar-refractivity contribution in [2.45, 2.75) is 38.3 Å². The summed E-state index contributed by atoms with van der Waals surface area (Å²) in [5.74, 6) is 0.00608. The summed E-state index contributed by atoms with van der Waals surface area (Å²) >= 11 is 0. The van der Waals surface area contributed by atoms with Gasteiger partial charge in [-0.05, 0) is 36.6 Å². The molecule has 1 aromatic heterocycles. The van der Waals surface area contributed by atoms with Gasteiger partial charge in [0.1, 0.15) is 11.8 Å². The van der Waals surface area contributed by atoms with E-state index in [1.807, 2.05) is 0 Å². The largest absolute Gasteiger partial charge is 0.467 e. The highest BCUT2D eigenvalue weighted by atomic mass is 32.2. The lowest BCUT2D eigenvalue weighted by molar-refractivity contribution is -0.123. The van der Waals surface area contributed by atoms with Crippen molar-refractivity contribution in [2.75, 3.05) is 0 Å². The van der Waals surface area contributed by atoms with E-state index in [9.17, 15) is 13.2 Å². The number of sulfonamides is 1. The van der Waals surface area contributed by atoms with E-state index in [2.05, 4.69) is 10.0 Å². The molecule has 0 spiro atoms. The van der Waals surface area contributed by atoms with Crippen LogP contribution < -0.4 is 10.0 Å². The second-order valence-electron chi connectivity index (χ2n) is 5.91. The minimum atomic E-state index is -3.79. The van der Waals surface area contributed by atoms with Crippen LogP contribution in [0.5, 0.6) is 0 Å². The molecular formula is C17H22N2O4S. The van der Waals surface area contributed by atoms with Crippen molar-refractivity contribution >= 4 is 15.9 Å². The van der Waals surface area contributed by atoms with Crippen LogP contribution in [0.2, 0.25) is 0 Å². The maximum atomic E-state index is 12.6. The van der Waals surface area contributed by atoms with Gasteiger partial charge in [0.05, 0.1) is 17.7 Å². The highest BCUT2D eigenvalue weighted by molar-refractivity contribution is 7.89. The van der Waals surface area contributed by atoms with Crippen molar-refractivity contribution in [3.05, 3.63) is 54.0 Å². The van der Waals surface area contributed by atoms with Crippen molar-refractivity contribution in [3.8, 4) is 0 Å². The average molecular weight is 350 g/mol. The summed E-state index contributed by atoms with van der Waals surface area (Å²) in [7, 11) is -3.79. The summed E-state index contributed by atoms with van der Waals surface area (Å²) in [6, 6.07) is 9.26. The van der Waals surface area contributed by atoms with Gasteiger partial charge < -0.3 is 9.73 Å². The van der Waals surface area contributed by atoms with Gasteiger partial charge >= 0.3 is 0 Å². The van der Waals surface area contributed by atoms with Crippen molar-refractivity contribution in [2.24, 2.45) is 5.92 Å². The first kappa shape index (κ1) is 18.2. The Bertz CT molecular complexity index is 783. The van der Waals surface area contributed by atoms with Gasteiger partial charge in [0.25, 0.3) is 0 Å². The van der Waals surface area contributed by atoms with Crippen LogP contribution in [0.3, 0.4) is 0 Å². The van der Waals surface area contributed by atoms with E-state index >= 15 is 0 Å². The number of furan rings is 1. The van der Waals surface area contributed by atoms with Gasteiger partial charge in [0.2, 0.25) is 15.9 Å². The molecule has 0 radical (unpaired) electrons. The lowest BCUT2D eigenvalue weighted by Gasteiger charge is -2.22. The number of aryl methyl sites for hydroxylation is 1. The molecule has 0 saturated heterocycles. The van der Waals surface area contributed by atoms with E-state index in [4.69, 9.17) is 4.42 Å². The van der Waals surface area contributed by atoms with Crippen LogP contribution in [-0.2, 0) is 21.4 Å². The standard InChI is InChI=1S/C17H22N2O4S/c1-12(2)16(17(20)18-11-14-8-6-10-23-14)19-24(21,22)15-9-5-4-7-13(15)3/h4-10,12,16,19H,11H2,1-3H3,(H,18,20)/t16-/m0/s1. The molecular weight excluding hydrogens is 328 g/mol. The molecule has 0 aliphatic heterocycles. The first-order chi connectivity index (χ1) is 11.3. The molecule has 0 aliphatic carbocycles. The Labute approximate surface area is 142 Å². The number of carbonyl (C=O) groups excluding carboxylic acids is 1. The molecule has 130 valence electrons. The predicted octanol–water partition coefficient (Wildman–Crippen LogP) is 2.21. The van der Waals surface area contributed by atoms with Crippen LogP contribution in [-0.4, -0.2) is 20.4 Å². The fourth-order valence-electron chi connectivity index (χ4n) is 2.28. The Hall–Kier alpha value is -2.12. The summed E-state index contributed by atoms with van der Waals surface area (Å²) in [4.78, 5) is 12.6. The number of amides is 1. The number of benzene rings is 1. The molecule has 2 rings (SSSR count). The summed E-state index contributed by atoms with van der Waals surface area (Å²) in [6.45, 7) is 5.51. The first-order valence-electron chi connectivity index (χ1n) is 7.69. The Morgan fingerprint density at radius 3 is 2.46 bits per heavy atom. The van der Waals surface area contributed by atoms with Crippen molar-refractivity contribution < 1.29 is 17.6 Å². The zero-order valence-electron chi connectivity index (χ0n) is 13.9. The third kappa shape index (κ3) is 4.46. The number of hydrogen-bond donors (Lipinski definition) is 2. The maximum Gasteiger partial charge on any atom is 0.241 e. The van der Waals surface area contributed by atoms with E-state index in [0.29, 0.717) is 11.3 Å². The Morgan fingerprint density at radius 1 is 1.17 bits per heavy atom. The second-order valence-corrected chi connectivity index (χ2v) is 7.59. The lowest BCUT2D eigenvalue weighted by Crippen LogP contribution is -2.49. The molecule has 0 fully saturated rings. The molecule has 6 nitrogen and oxygen atoms in total. The molecule has 1 atom stereocenters. The van der Waals surface area contributed by atoms with Crippen LogP contribution in [0.25, 0.3) is 0 Å². The number of nitrogens with one attached hydrogen (secondary N) is 2. The van der Waals surface area contributed by atoms with Crippen molar-refractivity contribution in [3.63, 3.8) is 0 Å². The van der Waals surface area contributed by atoms with E-state index < -0.39 is 22.0 Å². The molecule has 0 bridgehead atoms. The van der Waals surface area contributed by atoms with Crippen LogP contribution in [0.1, 0.15) is 25.2 Å². The third-order valence-corrected chi connectivity index (χ3v) is 5.23. The Kier molecular flexibility index (Phi) is 5.80. The van der Waals surface area contributed by atoms with E-state index in [-0.39, 0.29) is 17.4 Å². The lowest BCUT2D eigenvalue weighted by atomic mass is 10.1. The minimum Gasteiger partial charge on any atom is -0.467 e. The van der Waals surface area contributed by atoms with Gasteiger partial charge in [-0.25, -0.2) is 8.42 Å². The molecule has 0 saturated carbocycles. The smallest absolute Gasteiger partial charge is 0.241 e. The maximum absolute atomic E-state index is 12.6. The van der Waals surface area contributed by atoms with Crippen LogP contribution >= 0.6 is 0 Å². The monoisotopic (exact) mass is 350 g/mol. The third-order valence-electron chi connectivity index (χ3n) is 3.63. The first-order valence-corrected chi connectivity index (χ1v) is 9.17. The molecule has 24 heavy (non-hydrogen) atoms. The number of carbonyl (C=O) groups is 1. The Morgan fingerprint density at radius 2 is 1.88 bits per heavy atom. The highest BCUT2D eigenvalue weighted by Gasteiger charge is 2.29. The normalized spacial score (nSPS) is 13.0. The molecule has 0 aliphatic rings. The summed E-state index contributed by atoms with van der Waals surface area (Å²) in [6.07, 6.45) is 1.52. The van der Waals surface area contributed by atoms with Gasteiger partial charge in [0, 0.05) is 0 Å². The highest BCUT2D eigenvalue weighted by Crippen LogP contribution is 2.16. The van der Waals surface area contributed by atoms with Gasteiger partial charge in [0.15, 0.2) is 0 Å². The Balaban J connectivity index is 2.13. The molecule has 1 heterocycles. The van der Waals surface area contributed by atoms with Gasteiger partial charge in [-0.15, -0.1) is 0 Å².